The third kappa shape index (κ3) is 3.86. The summed E-state index contributed by atoms with van der Waals surface area (Å²) in [5.41, 5.74) is 1.24. The van der Waals surface area contributed by atoms with Crippen LogP contribution in [0, 0.1) is 0 Å². The lowest BCUT2D eigenvalue weighted by Gasteiger charge is -2.16. The Morgan fingerprint density at radius 1 is 1.26 bits per heavy atom. The van der Waals surface area contributed by atoms with Crippen molar-refractivity contribution in [2.45, 2.75) is 32.2 Å². The number of rotatable bonds is 7. The highest BCUT2D eigenvalue weighted by molar-refractivity contribution is 5.03. The van der Waals surface area contributed by atoms with Gasteiger partial charge < -0.3 is 5.32 Å². The van der Waals surface area contributed by atoms with Crippen molar-refractivity contribution in [2.75, 3.05) is 6.54 Å². The summed E-state index contributed by atoms with van der Waals surface area (Å²) in [5.74, 6) is 0.873. The Morgan fingerprint density at radius 3 is 2.68 bits per heavy atom. The van der Waals surface area contributed by atoms with Gasteiger partial charge in [0.1, 0.15) is 5.82 Å². The molecule has 2 aromatic heterocycles. The Hall–Kier alpha value is -1.75. The van der Waals surface area contributed by atoms with Gasteiger partial charge in [-0.2, -0.15) is 5.10 Å². The van der Waals surface area contributed by atoms with Gasteiger partial charge in [-0.3, -0.25) is 4.68 Å². The maximum Gasteiger partial charge on any atom is 0.145 e. The quantitative estimate of drug-likeness (QED) is 0.825. The molecule has 102 valence electrons. The van der Waals surface area contributed by atoms with Crippen LogP contribution < -0.4 is 5.32 Å². The van der Waals surface area contributed by atoms with Gasteiger partial charge in [0.05, 0.1) is 6.04 Å². The van der Waals surface area contributed by atoms with E-state index in [9.17, 15) is 0 Å². The van der Waals surface area contributed by atoms with Crippen molar-refractivity contribution in [3.63, 3.8) is 0 Å². The lowest BCUT2D eigenvalue weighted by Crippen LogP contribution is -2.24. The first-order chi connectivity index (χ1) is 9.31. The fourth-order valence-electron chi connectivity index (χ4n) is 2.07. The zero-order valence-corrected chi connectivity index (χ0v) is 11.6. The third-order valence-electron chi connectivity index (χ3n) is 3.15. The van der Waals surface area contributed by atoms with Gasteiger partial charge in [0, 0.05) is 31.3 Å². The van der Waals surface area contributed by atoms with E-state index in [0.29, 0.717) is 0 Å². The van der Waals surface area contributed by atoms with Crippen LogP contribution in [0.4, 0.5) is 0 Å². The lowest BCUT2D eigenvalue weighted by atomic mass is 10.1. The van der Waals surface area contributed by atoms with Crippen molar-refractivity contribution in [1.29, 1.82) is 0 Å². The molecule has 1 unspecified atom stereocenters. The van der Waals surface area contributed by atoms with Gasteiger partial charge in [0.15, 0.2) is 0 Å². The molecule has 1 atom stereocenters. The van der Waals surface area contributed by atoms with Gasteiger partial charge in [-0.25, -0.2) is 9.97 Å². The zero-order valence-electron chi connectivity index (χ0n) is 11.6. The van der Waals surface area contributed by atoms with E-state index in [4.69, 9.17) is 0 Å². The molecule has 2 rings (SSSR count). The van der Waals surface area contributed by atoms with E-state index in [1.165, 1.54) is 5.69 Å². The highest BCUT2D eigenvalue weighted by Gasteiger charge is 2.14. The normalized spacial score (nSPS) is 12.5. The molecule has 5 heteroatoms. The standard InChI is InChI=1S/C14H21N5/c1-3-8-15-13(14-16-9-4-10-17-14)6-5-12-7-11-18-19(12)2/h4,7,9-11,13,15H,3,5-6,8H2,1-2H3. The summed E-state index contributed by atoms with van der Waals surface area (Å²) >= 11 is 0. The minimum Gasteiger partial charge on any atom is -0.307 e. The Morgan fingerprint density at radius 2 is 2.05 bits per heavy atom. The Balaban J connectivity index is 2.00. The maximum absolute atomic E-state index is 4.36. The van der Waals surface area contributed by atoms with Crippen LogP contribution in [0.1, 0.15) is 37.3 Å². The maximum atomic E-state index is 4.36. The van der Waals surface area contributed by atoms with Crippen LogP contribution in [0.5, 0.6) is 0 Å². The van der Waals surface area contributed by atoms with Gasteiger partial charge >= 0.3 is 0 Å². The predicted octanol–water partition coefficient (Wildman–Crippen LogP) is 1.88. The lowest BCUT2D eigenvalue weighted by molar-refractivity contribution is 0.470. The summed E-state index contributed by atoms with van der Waals surface area (Å²) in [5, 5.41) is 7.71. The second kappa shape index (κ2) is 6.99. The van der Waals surface area contributed by atoms with E-state index >= 15 is 0 Å². The second-order valence-electron chi connectivity index (χ2n) is 4.60. The van der Waals surface area contributed by atoms with Crippen molar-refractivity contribution in [3.05, 3.63) is 42.2 Å². The summed E-state index contributed by atoms with van der Waals surface area (Å²) in [7, 11) is 1.98. The average Bonchev–Trinajstić information content (AvgIpc) is 2.85. The van der Waals surface area contributed by atoms with Gasteiger partial charge in [-0.15, -0.1) is 0 Å². The Labute approximate surface area is 114 Å². The van der Waals surface area contributed by atoms with E-state index in [-0.39, 0.29) is 6.04 Å². The van der Waals surface area contributed by atoms with Gasteiger partial charge in [0.25, 0.3) is 0 Å². The molecule has 0 fully saturated rings. The van der Waals surface area contributed by atoms with E-state index in [0.717, 1.165) is 31.6 Å². The van der Waals surface area contributed by atoms with Crippen LogP contribution in [0.15, 0.2) is 30.7 Å². The highest BCUT2D eigenvalue weighted by atomic mass is 15.2. The summed E-state index contributed by atoms with van der Waals surface area (Å²) in [6, 6.07) is 4.11. The van der Waals surface area contributed by atoms with Gasteiger partial charge in [-0.05, 0) is 37.9 Å². The first-order valence-electron chi connectivity index (χ1n) is 6.78. The molecule has 0 saturated carbocycles. The zero-order chi connectivity index (χ0) is 13.5. The van der Waals surface area contributed by atoms with Crippen LogP contribution in [-0.4, -0.2) is 26.3 Å². The first kappa shape index (κ1) is 13.7. The molecule has 0 radical (unpaired) electrons. The summed E-state index contributed by atoms with van der Waals surface area (Å²) in [6.45, 7) is 3.14. The fraction of sp³-hybridized carbons (Fsp3) is 0.500. The number of aryl methyl sites for hydroxylation is 2. The highest BCUT2D eigenvalue weighted by Crippen LogP contribution is 2.15. The molecule has 0 aliphatic carbocycles. The molecular weight excluding hydrogens is 238 g/mol. The number of nitrogens with one attached hydrogen (secondary N) is 1. The van der Waals surface area contributed by atoms with Crippen LogP contribution in [-0.2, 0) is 13.5 Å². The minimum absolute atomic E-state index is 0.205. The second-order valence-corrected chi connectivity index (χ2v) is 4.60. The molecule has 0 aliphatic rings. The topological polar surface area (TPSA) is 55.6 Å². The molecular formula is C14H21N5. The SMILES string of the molecule is CCCNC(CCc1ccnn1C)c1ncccn1. The van der Waals surface area contributed by atoms with Crippen LogP contribution in [0.3, 0.4) is 0 Å². The summed E-state index contributed by atoms with van der Waals surface area (Å²) in [4.78, 5) is 8.72. The largest absolute Gasteiger partial charge is 0.307 e. The van der Waals surface area contributed by atoms with Gasteiger partial charge in [-0.1, -0.05) is 6.92 Å². The van der Waals surface area contributed by atoms with E-state index in [1.807, 2.05) is 24.0 Å². The van der Waals surface area contributed by atoms with Crippen LogP contribution in [0.2, 0.25) is 0 Å². The molecule has 0 spiro atoms. The minimum atomic E-state index is 0.205. The molecule has 19 heavy (non-hydrogen) atoms. The molecule has 2 heterocycles. The third-order valence-corrected chi connectivity index (χ3v) is 3.15. The number of hydrogen-bond acceptors (Lipinski definition) is 4. The smallest absolute Gasteiger partial charge is 0.145 e. The van der Waals surface area contributed by atoms with Crippen molar-refractivity contribution in [2.24, 2.45) is 7.05 Å². The Kier molecular flexibility index (Phi) is 5.03. The molecule has 1 N–H and O–H groups in total. The predicted molar refractivity (Wildman–Crippen MR) is 74.6 cm³/mol. The average molecular weight is 259 g/mol. The molecule has 0 aromatic carbocycles. The molecule has 5 nitrogen and oxygen atoms in total. The molecule has 0 aliphatic heterocycles. The number of hydrogen-bond donors (Lipinski definition) is 1. The first-order valence-corrected chi connectivity index (χ1v) is 6.78. The monoisotopic (exact) mass is 259 g/mol. The van der Waals surface area contributed by atoms with Crippen molar-refractivity contribution in [3.8, 4) is 0 Å². The van der Waals surface area contributed by atoms with E-state index < -0.39 is 0 Å². The van der Waals surface area contributed by atoms with Crippen molar-refractivity contribution >= 4 is 0 Å². The van der Waals surface area contributed by atoms with Crippen LogP contribution >= 0.6 is 0 Å². The Bertz CT molecular complexity index is 480. The van der Waals surface area contributed by atoms with E-state index in [1.54, 1.807) is 12.4 Å². The number of aromatic nitrogens is 4. The van der Waals surface area contributed by atoms with Gasteiger partial charge in [0.2, 0.25) is 0 Å². The molecule has 0 saturated heterocycles. The van der Waals surface area contributed by atoms with Crippen LogP contribution in [0.25, 0.3) is 0 Å². The number of nitrogens with zero attached hydrogens (tertiary/aromatic N) is 4. The molecule has 2 aromatic rings. The van der Waals surface area contributed by atoms with E-state index in [2.05, 4.69) is 33.4 Å². The molecule has 0 amide bonds. The van der Waals surface area contributed by atoms with Crippen molar-refractivity contribution in [1.82, 2.24) is 25.1 Å². The summed E-state index contributed by atoms with van der Waals surface area (Å²) < 4.78 is 1.92. The fourth-order valence-corrected chi connectivity index (χ4v) is 2.07. The van der Waals surface area contributed by atoms with Crippen molar-refractivity contribution < 1.29 is 0 Å². The summed E-state index contributed by atoms with van der Waals surface area (Å²) in [6.07, 6.45) is 8.48. The molecule has 0 bridgehead atoms.